The van der Waals surface area contributed by atoms with Gasteiger partial charge in [-0.3, -0.25) is 0 Å². The molecule has 1 aromatic heterocycles. The van der Waals surface area contributed by atoms with Crippen molar-refractivity contribution < 1.29 is 40.6 Å². The quantitative estimate of drug-likeness (QED) is 0.331. The Morgan fingerprint density at radius 2 is 1.88 bits per heavy atom. The molecule has 0 aromatic carbocycles. The number of carbonyl (C=O) groups excluding carboxylic acids is 2. The Labute approximate surface area is 203 Å². The minimum absolute atomic E-state index is 0.0543. The Balaban J connectivity index is 2.16. The smallest absolute Gasteiger partial charge is 0.347 e. The van der Waals surface area contributed by atoms with Gasteiger partial charge in [-0.2, -0.15) is 17.1 Å². The SMILES string of the molecule is CCN[C@H]1CN(C)S(=O)(=O)c2sc(S(=O)(=O)N=CC(C)OC(=O)C(C)OC(=O)C(C)OC)cc21. The molecule has 192 valence electrons. The van der Waals surface area contributed by atoms with Crippen LogP contribution in [0.5, 0.6) is 0 Å². The summed E-state index contributed by atoms with van der Waals surface area (Å²) in [5, 5.41) is 3.15. The van der Waals surface area contributed by atoms with Gasteiger partial charge in [0, 0.05) is 32.3 Å². The van der Waals surface area contributed by atoms with Gasteiger partial charge in [0.05, 0.1) is 6.21 Å². The average molecular weight is 540 g/mol. The predicted molar refractivity (Wildman–Crippen MR) is 124 cm³/mol. The van der Waals surface area contributed by atoms with E-state index in [1.807, 2.05) is 6.92 Å². The molecule has 0 saturated carbocycles. The summed E-state index contributed by atoms with van der Waals surface area (Å²) in [6.45, 7) is 6.73. The number of esters is 2. The number of likely N-dealkylation sites (N-methyl/N-ethyl adjacent to an activating group) is 2. The molecule has 3 unspecified atom stereocenters. The van der Waals surface area contributed by atoms with Gasteiger partial charge >= 0.3 is 11.9 Å². The highest BCUT2D eigenvalue weighted by molar-refractivity contribution is 7.94. The third kappa shape index (κ3) is 6.40. The lowest BCUT2D eigenvalue weighted by atomic mass is 10.1. The van der Waals surface area contributed by atoms with Gasteiger partial charge < -0.3 is 19.5 Å². The maximum atomic E-state index is 12.7. The van der Waals surface area contributed by atoms with Gasteiger partial charge in [-0.25, -0.2) is 18.0 Å². The minimum Gasteiger partial charge on any atom is -0.454 e. The fraction of sp³-hybridized carbons (Fsp3) is 0.632. The monoisotopic (exact) mass is 539 g/mol. The molecule has 34 heavy (non-hydrogen) atoms. The first-order chi connectivity index (χ1) is 15.7. The van der Waals surface area contributed by atoms with E-state index in [-0.39, 0.29) is 21.0 Å². The van der Waals surface area contributed by atoms with Gasteiger partial charge in [0.2, 0.25) is 0 Å². The molecule has 0 spiro atoms. The van der Waals surface area contributed by atoms with Crippen LogP contribution in [0.25, 0.3) is 0 Å². The van der Waals surface area contributed by atoms with Crippen molar-refractivity contribution in [2.24, 2.45) is 4.40 Å². The van der Waals surface area contributed by atoms with Crippen molar-refractivity contribution in [2.45, 2.75) is 60.5 Å². The molecular weight excluding hydrogens is 510 g/mol. The van der Waals surface area contributed by atoms with Crippen LogP contribution in [0.2, 0.25) is 0 Å². The number of nitrogens with zero attached hydrogens (tertiary/aromatic N) is 2. The summed E-state index contributed by atoms with van der Waals surface area (Å²) in [4.78, 5) is 23.8. The number of ether oxygens (including phenoxy) is 3. The molecule has 1 aliphatic heterocycles. The summed E-state index contributed by atoms with van der Waals surface area (Å²) in [7, 11) is -5.33. The topological polar surface area (TPSA) is 158 Å². The first-order valence-electron chi connectivity index (χ1n) is 10.3. The van der Waals surface area contributed by atoms with Crippen LogP contribution in [0.15, 0.2) is 18.9 Å². The predicted octanol–water partition coefficient (Wildman–Crippen LogP) is 0.691. The summed E-state index contributed by atoms with van der Waals surface area (Å²) in [5.41, 5.74) is 0.374. The third-order valence-corrected chi connectivity index (χ3v) is 10.1. The van der Waals surface area contributed by atoms with Gasteiger partial charge in [0.1, 0.15) is 14.5 Å². The zero-order valence-corrected chi connectivity index (χ0v) is 22.1. The van der Waals surface area contributed by atoms with Gasteiger partial charge in [-0.1, -0.05) is 6.92 Å². The van der Waals surface area contributed by atoms with E-state index in [9.17, 15) is 26.4 Å². The summed E-state index contributed by atoms with van der Waals surface area (Å²) < 4.78 is 70.0. The molecule has 1 aromatic rings. The van der Waals surface area contributed by atoms with Gasteiger partial charge in [-0.15, -0.1) is 11.3 Å². The molecule has 0 amide bonds. The molecule has 2 rings (SSSR count). The number of nitrogens with one attached hydrogen (secondary N) is 1. The van der Waals surface area contributed by atoms with Crippen LogP contribution in [0, 0.1) is 0 Å². The molecule has 1 aliphatic rings. The highest BCUT2D eigenvalue weighted by atomic mass is 32.3. The number of carbonyl (C=O) groups is 2. The standard InChI is InChI=1S/C19H29N3O9S3/c1-7-20-15-10-22(5)34(27,28)19-14(15)8-16(32-19)33(25,26)21-9-11(2)30-18(24)13(4)31-17(23)12(3)29-6/h8-9,11-13,15,20H,7,10H2,1-6H3/t11?,12?,13?,15-/m0/s1. The Morgan fingerprint density at radius 1 is 1.26 bits per heavy atom. The second-order valence-corrected chi connectivity index (χ2v) is 12.7. The van der Waals surface area contributed by atoms with E-state index in [2.05, 4.69) is 9.71 Å². The molecule has 0 bridgehead atoms. The van der Waals surface area contributed by atoms with Crippen LogP contribution < -0.4 is 5.32 Å². The molecule has 0 radical (unpaired) electrons. The van der Waals surface area contributed by atoms with Crippen molar-refractivity contribution >= 4 is 49.5 Å². The van der Waals surface area contributed by atoms with E-state index in [4.69, 9.17) is 14.2 Å². The number of fused-ring (bicyclic) bond motifs is 1. The normalized spacial score (nSPS) is 20.9. The molecule has 0 fully saturated rings. The largest absolute Gasteiger partial charge is 0.454 e. The molecule has 0 saturated heterocycles. The van der Waals surface area contributed by atoms with Gasteiger partial charge in [0.15, 0.2) is 12.2 Å². The first kappa shape index (κ1) is 28.3. The van der Waals surface area contributed by atoms with Crippen molar-refractivity contribution in [3.05, 3.63) is 11.6 Å². The maximum absolute atomic E-state index is 12.7. The van der Waals surface area contributed by atoms with Crippen LogP contribution in [0.3, 0.4) is 0 Å². The third-order valence-electron chi connectivity index (χ3n) is 4.89. The van der Waals surface area contributed by atoms with E-state index >= 15 is 0 Å². The second-order valence-electron chi connectivity index (χ2n) is 7.53. The van der Waals surface area contributed by atoms with Crippen molar-refractivity contribution in [2.75, 3.05) is 27.2 Å². The lowest BCUT2D eigenvalue weighted by Crippen LogP contribution is -2.40. The lowest BCUT2D eigenvalue weighted by molar-refractivity contribution is -0.173. The Hall–Kier alpha value is -1.91. The van der Waals surface area contributed by atoms with Crippen molar-refractivity contribution in [1.29, 1.82) is 0 Å². The number of sulfonamides is 2. The average Bonchev–Trinajstić information content (AvgIpc) is 3.23. The van der Waals surface area contributed by atoms with E-state index in [0.717, 1.165) is 6.21 Å². The van der Waals surface area contributed by atoms with Crippen LogP contribution in [0.4, 0.5) is 0 Å². The Bertz CT molecular complexity index is 1140. The van der Waals surface area contributed by atoms with E-state index in [0.29, 0.717) is 23.4 Å². The summed E-state index contributed by atoms with van der Waals surface area (Å²) >= 11 is 0.616. The van der Waals surface area contributed by atoms with Crippen LogP contribution in [-0.2, 0) is 43.8 Å². The van der Waals surface area contributed by atoms with Crippen LogP contribution in [0.1, 0.15) is 39.3 Å². The second kappa shape index (κ2) is 11.2. The van der Waals surface area contributed by atoms with Gasteiger partial charge in [0.25, 0.3) is 20.0 Å². The van der Waals surface area contributed by atoms with Crippen LogP contribution >= 0.6 is 11.3 Å². The molecule has 0 aliphatic carbocycles. The number of rotatable bonds is 10. The number of hydrogen-bond acceptors (Lipinski definition) is 11. The molecular formula is C19H29N3O9S3. The highest BCUT2D eigenvalue weighted by Crippen LogP contribution is 2.40. The Morgan fingerprint density at radius 3 is 2.47 bits per heavy atom. The van der Waals surface area contributed by atoms with Crippen molar-refractivity contribution in [3.63, 3.8) is 0 Å². The zero-order chi connectivity index (χ0) is 25.8. The minimum atomic E-state index is -4.26. The first-order valence-corrected chi connectivity index (χ1v) is 14.0. The zero-order valence-electron chi connectivity index (χ0n) is 19.7. The van der Waals surface area contributed by atoms with E-state index in [1.54, 1.807) is 0 Å². The summed E-state index contributed by atoms with van der Waals surface area (Å²) in [6.07, 6.45) is -2.28. The lowest BCUT2D eigenvalue weighted by Gasteiger charge is -2.29. The molecule has 15 heteroatoms. The maximum Gasteiger partial charge on any atom is 0.347 e. The fourth-order valence-corrected chi connectivity index (χ4v) is 7.45. The summed E-state index contributed by atoms with van der Waals surface area (Å²) in [5.74, 6) is -1.66. The van der Waals surface area contributed by atoms with Gasteiger partial charge in [-0.05, 0) is 33.4 Å². The number of methoxy groups -OCH3 is 1. The molecule has 2 heterocycles. The fourth-order valence-electron chi connectivity index (χ4n) is 2.89. The van der Waals surface area contributed by atoms with E-state index in [1.165, 1.54) is 45.3 Å². The molecule has 4 atom stereocenters. The van der Waals surface area contributed by atoms with Crippen LogP contribution in [-0.4, -0.2) is 84.9 Å². The number of hydrogen-bond donors (Lipinski definition) is 1. The highest BCUT2D eigenvalue weighted by Gasteiger charge is 2.38. The summed E-state index contributed by atoms with van der Waals surface area (Å²) in [6, 6.07) is 0.947. The molecule has 12 nitrogen and oxygen atoms in total. The molecule has 1 N–H and O–H groups in total. The van der Waals surface area contributed by atoms with Crippen molar-refractivity contribution in [1.82, 2.24) is 9.62 Å². The van der Waals surface area contributed by atoms with E-state index < -0.39 is 50.3 Å². The number of thiophene rings is 1. The Kier molecular flexibility index (Phi) is 9.35. The van der Waals surface area contributed by atoms with Crippen molar-refractivity contribution in [3.8, 4) is 0 Å².